The Morgan fingerprint density at radius 1 is 0.944 bits per heavy atom. The maximum atomic E-state index is 4.32. The molecule has 0 saturated carbocycles. The summed E-state index contributed by atoms with van der Waals surface area (Å²) in [5.74, 6) is 0. The van der Waals surface area contributed by atoms with Crippen molar-refractivity contribution in [2.24, 2.45) is 14.1 Å². The van der Waals surface area contributed by atoms with Gasteiger partial charge in [0.25, 0.3) is 0 Å². The number of halogens is 1. The zero-order valence-electron chi connectivity index (χ0n) is 11.3. The standard InChI is InChI=1S/C12H19N5.ClH/c1-9-11(7-16(3)14-9)5-13-6-12-8-17(4)15-10(12)2;/h7-8,13H,5-6H2,1-4H3;1H. The van der Waals surface area contributed by atoms with Crippen LogP contribution >= 0.6 is 12.4 Å². The van der Waals surface area contributed by atoms with Crippen LogP contribution in [0, 0.1) is 13.8 Å². The Morgan fingerprint density at radius 2 is 1.33 bits per heavy atom. The van der Waals surface area contributed by atoms with E-state index in [0.29, 0.717) is 0 Å². The zero-order valence-corrected chi connectivity index (χ0v) is 12.1. The van der Waals surface area contributed by atoms with Crippen molar-refractivity contribution in [2.45, 2.75) is 26.9 Å². The maximum Gasteiger partial charge on any atom is 0.0638 e. The van der Waals surface area contributed by atoms with Gasteiger partial charge in [-0.2, -0.15) is 10.2 Å². The van der Waals surface area contributed by atoms with Crippen molar-refractivity contribution < 1.29 is 0 Å². The fourth-order valence-corrected chi connectivity index (χ4v) is 1.98. The summed E-state index contributed by atoms with van der Waals surface area (Å²) in [6.07, 6.45) is 4.11. The predicted octanol–water partition coefficient (Wildman–Crippen LogP) is 1.48. The third kappa shape index (κ3) is 3.34. The van der Waals surface area contributed by atoms with Gasteiger partial charge in [-0.15, -0.1) is 12.4 Å². The first-order valence-electron chi connectivity index (χ1n) is 5.75. The van der Waals surface area contributed by atoms with E-state index in [1.807, 2.05) is 37.3 Å². The summed E-state index contributed by atoms with van der Waals surface area (Å²) >= 11 is 0. The van der Waals surface area contributed by atoms with Gasteiger partial charge in [0.2, 0.25) is 0 Å². The van der Waals surface area contributed by atoms with Crippen molar-refractivity contribution in [3.05, 3.63) is 34.9 Å². The molecule has 0 spiro atoms. The van der Waals surface area contributed by atoms with E-state index in [9.17, 15) is 0 Å². The maximum absolute atomic E-state index is 4.32. The highest BCUT2D eigenvalue weighted by molar-refractivity contribution is 5.85. The van der Waals surface area contributed by atoms with Crippen LogP contribution in [0.1, 0.15) is 22.5 Å². The highest BCUT2D eigenvalue weighted by Gasteiger charge is 2.05. The highest BCUT2D eigenvalue weighted by Crippen LogP contribution is 2.07. The van der Waals surface area contributed by atoms with Gasteiger partial charge in [-0.05, 0) is 13.8 Å². The highest BCUT2D eigenvalue weighted by atomic mass is 35.5. The normalized spacial score (nSPS) is 10.4. The Morgan fingerprint density at radius 3 is 1.61 bits per heavy atom. The number of hydrogen-bond donors (Lipinski definition) is 1. The summed E-state index contributed by atoms with van der Waals surface area (Å²) in [5.41, 5.74) is 4.66. The molecule has 0 bridgehead atoms. The summed E-state index contributed by atoms with van der Waals surface area (Å²) in [5, 5.41) is 12.1. The van der Waals surface area contributed by atoms with Crippen LogP contribution in [-0.4, -0.2) is 19.6 Å². The van der Waals surface area contributed by atoms with Crippen molar-refractivity contribution in [3.8, 4) is 0 Å². The second-order valence-electron chi connectivity index (χ2n) is 4.43. The molecule has 5 nitrogen and oxygen atoms in total. The molecule has 2 rings (SSSR count). The topological polar surface area (TPSA) is 47.7 Å². The van der Waals surface area contributed by atoms with Crippen molar-refractivity contribution in [3.63, 3.8) is 0 Å². The zero-order chi connectivity index (χ0) is 12.4. The van der Waals surface area contributed by atoms with E-state index in [1.165, 1.54) is 11.1 Å². The third-order valence-electron chi connectivity index (χ3n) is 2.86. The molecule has 0 amide bonds. The van der Waals surface area contributed by atoms with E-state index in [0.717, 1.165) is 24.5 Å². The van der Waals surface area contributed by atoms with E-state index in [-0.39, 0.29) is 12.4 Å². The molecule has 0 radical (unpaired) electrons. The SMILES string of the molecule is Cc1nn(C)cc1CNCc1cn(C)nc1C.Cl. The molecule has 0 aliphatic carbocycles. The monoisotopic (exact) mass is 269 g/mol. The predicted molar refractivity (Wildman–Crippen MR) is 73.7 cm³/mol. The molecule has 18 heavy (non-hydrogen) atoms. The van der Waals surface area contributed by atoms with Gasteiger partial charge in [-0.3, -0.25) is 9.36 Å². The van der Waals surface area contributed by atoms with Gasteiger partial charge in [0.15, 0.2) is 0 Å². The molecule has 6 heteroatoms. The van der Waals surface area contributed by atoms with Gasteiger partial charge < -0.3 is 5.32 Å². The van der Waals surface area contributed by atoms with Crippen LogP contribution < -0.4 is 5.32 Å². The van der Waals surface area contributed by atoms with Gasteiger partial charge in [0, 0.05) is 50.7 Å². The van der Waals surface area contributed by atoms with Gasteiger partial charge >= 0.3 is 0 Å². The molecule has 2 aromatic heterocycles. The summed E-state index contributed by atoms with van der Waals surface area (Å²) < 4.78 is 3.70. The molecule has 0 unspecified atom stereocenters. The number of rotatable bonds is 4. The largest absolute Gasteiger partial charge is 0.308 e. The second-order valence-corrected chi connectivity index (χ2v) is 4.43. The summed E-state index contributed by atoms with van der Waals surface area (Å²) in [6, 6.07) is 0. The Hall–Kier alpha value is -1.33. The lowest BCUT2D eigenvalue weighted by atomic mass is 10.2. The van der Waals surface area contributed by atoms with Crippen LogP contribution in [0.15, 0.2) is 12.4 Å². The van der Waals surface area contributed by atoms with Crippen LogP contribution in [0.25, 0.3) is 0 Å². The third-order valence-corrected chi connectivity index (χ3v) is 2.86. The minimum atomic E-state index is 0. The van der Waals surface area contributed by atoms with Crippen molar-refractivity contribution in [1.29, 1.82) is 0 Å². The van der Waals surface area contributed by atoms with E-state index < -0.39 is 0 Å². The average Bonchev–Trinajstić information content (AvgIpc) is 2.71. The van der Waals surface area contributed by atoms with Gasteiger partial charge in [0.05, 0.1) is 11.4 Å². The van der Waals surface area contributed by atoms with Crippen LogP contribution in [0.5, 0.6) is 0 Å². The quantitative estimate of drug-likeness (QED) is 0.915. The fraction of sp³-hybridized carbons (Fsp3) is 0.500. The number of aryl methyl sites for hydroxylation is 4. The first-order chi connectivity index (χ1) is 8.06. The van der Waals surface area contributed by atoms with Crippen LogP contribution in [0.2, 0.25) is 0 Å². The van der Waals surface area contributed by atoms with Gasteiger partial charge in [-0.1, -0.05) is 0 Å². The van der Waals surface area contributed by atoms with Crippen LogP contribution in [0.3, 0.4) is 0 Å². The lowest BCUT2D eigenvalue weighted by Gasteiger charge is -2.02. The summed E-state index contributed by atoms with van der Waals surface area (Å²) in [4.78, 5) is 0. The molecular formula is C12H20ClN5. The number of nitrogens with zero attached hydrogens (tertiary/aromatic N) is 4. The van der Waals surface area contributed by atoms with E-state index in [1.54, 1.807) is 0 Å². The molecule has 0 atom stereocenters. The summed E-state index contributed by atoms with van der Waals surface area (Å²) in [7, 11) is 3.89. The molecule has 2 aromatic rings. The first kappa shape index (κ1) is 14.7. The molecule has 0 aliphatic heterocycles. The smallest absolute Gasteiger partial charge is 0.0638 e. The Labute approximate surface area is 114 Å². The van der Waals surface area contributed by atoms with E-state index in [4.69, 9.17) is 0 Å². The van der Waals surface area contributed by atoms with Crippen molar-refractivity contribution in [2.75, 3.05) is 0 Å². The molecule has 2 heterocycles. The number of nitrogens with one attached hydrogen (secondary N) is 1. The fourth-order valence-electron chi connectivity index (χ4n) is 1.98. The molecular weight excluding hydrogens is 250 g/mol. The minimum Gasteiger partial charge on any atom is -0.308 e. The van der Waals surface area contributed by atoms with Crippen molar-refractivity contribution >= 4 is 12.4 Å². The lowest BCUT2D eigenvalue weighted by Crippen LogP contribution is -2.13. The van der Waals surface area contributed by atoms with Gasteiger partial charge in [-0.25, -0.2) is 0 Å². The van der Waals surface area contributed by atoms with Gasteiger partial charge in [0.1, 0.15) is 0 Å². The minimum absolute atomic E-state index is 0. The number of aromatic nitrogens is 4. The van der Waals surface area contributed by atoms with Crippen LogP contribution in [0.4, 0.5) is 0 Å². The van der Waals surface area contributed by atoms with Crippen LogP contribution in [-0.2, 0) is 27.2 Å². The Bertz CT molecular complexity index is 468. The second kappa shape index (κ2) is 6.02. The van der Waals surface area contributed by atoms with E-state index >= 15 is 0 Å². The Balaban J connectivity index is 0.00000162. The molecule has 100 valence electrons. The summed E-state index contributed by atoms with van der Waals surface area (Å²) in [6.45, 7) is 5.75. The molecule has 0 saturated heterocycles. The van der Waals surface area contributed by atoms with Crippen molar-refractivity contribution in [1.82, 2.24) is 24.9 Å². The number of hydrogen-bond acceptors (Lipinski definition) is 3. The molecule has 0 aromatic carbocycles. The molecule has 1 N–H and O–H groups in total. The van der Waals surface area contributed by atoms with E-state index in [2.05, 4.69) is 27.9 Å². The Kier molecular flexibility index (Phi) is 4.93. The molecule has 0 aliphatic rings. The first-order valence-corrected chi connectivity index (χ1v) is 5.75. The lowest BCUT2D eigenvalue weighted by molar-refractivity contribution is 0.687. The molecule has 0 fully saturated rings. The average molecular weight is 270 g/mol.